The summed E-state index contributed by atoms with van der Waals surface area (Å²) in [7, 11) is 0. The fraction of sp³-hybridized carbons (Fsp3) is 0.846. The van der Waals surface area contributed by atoms with E-state index in [1.807, 2.05) is 27.7 Å². The Morgan fingerprint density at radius 1 is 0.824 bits per heavy atom. The van der Waals surface area contributed by atoms with Gasteiger partial charge >= 0.3 is 11.9 Å². The molecule has 0 saturated heterocycles. The molecule has 0 amide bonds. The summed E-state index contributed by atoms with van der Waals surface area (Å²) in [5.41, 5.74) is -0.138. The Labute approximate surface area is 103 Å². The van der Waals surface area contributed by atoms with E-state index in [4.69, 9.17) is 10.2 Å². The minimum atomic E-state index is -0.776. The number of hydrogen-bond donors (Lipinski definition) is 2. The number of carboxylic acid groups (broad SMARTS) is 2. The summed E-state index contributed by atoms with van der Waals surface area (Å²) < 4.78 is 0. The summed E-state index contributed by atoms with van der Waals surface area (Å²) in [6, 6.07) is 0. The van der Waals surface area contributed by atoms with Crippen molar-refractivity contribution in [2.45, 2.75) is 59.8 Å². The van der Waals surface area contributed by atoms with Gasteiger partial charge in [-0.2, -0.15) is 0 Å². The molecule has 0 spiro atoms. The van der Waals surface area contributed by atoms with Crippen LogP contribution in [0, 0.1) is 10.8 Å². The van der Waals surface area contributed by atoms with Crippen molar-refractivity contribution in [3.63, 3.8) is 0 Å². The first-order valence-corrected chi connectivity index (χ1v) is 5.98. The van der Waals surface area contributed by atoms with Gasteiger partial charge in [0, 0.05) is 12.8 Å². The Hall–Kier alpha value is -1.06. The maximum Gasteiger partial charge on any atom is 0.303 e. The second kappa shape index (κ2) is 6.03. The van der Waals surface area contributed by atoms with Crippen LogP contribution in [-0.2, 0) is 9.59 Å². The van der Waals surface area contributed by atoms with E-state index in [0.29, 0.717) is 12.8 Å². The van der Waals surface area contributed by atoms with Crippen molar-refractivity contribution in [1.29, 1.82) is 0 Å². The van der Waals surface area contributed by atoms with Gasteiger partial charge in [0.25, 0.3) is 0 Å². The van der Waals surface area contributed by atoms with Crippen LogP contribution in [0.15, 0.2) is 0 Å². The standard InChI is InChI=1S/C13H24O4/c1-12(2,7-5-10(14)15)9-13(3,4)8-6-11(16)17/h5-9H2,1-4H3,(H,14,15)(H,16,17). The van der Waals surface area contributed by atoms with Gasteiger partial charge < -0.3 is 10.2 Å². The molecule has 0 rings (SSSR count). The molecule has 0 aliphatic carbocycles. The maximum atomic E-state index is 10.5. The van der Waals surface area contributed by atoms with Crippen LogP contribution in [0.25, 0.3) is 0 Å². The quantitative estimate of drug-likeness (QED) is 0.687. The highest BCUT2D eigenvalue weighted by Gasteiger charge is 2.29. The second-order valence-corrected chi connectivity index (χ2v) is 6.29. The molecular weight excluding hydrogens is 220 g/mol. The van der Waals surface area contributed by atoms with E-state index < -0.39 is 11.9 Å². The SMILES string of the molecule is CC(C)(CCC(=O)O)CC(C)(C)CCC(=O)O. The van der Waals surface area contributed by atoms with Gasteiger partial charge in [-0.3, -0.25) is 9.59 Å². The van der Waals surface area contributed by atoms with Crippen LogP contribution in [0.1, 0.15) is 59.8 Å². The van der Waals surface area contributed by atoms with Crippen LogP contribution in [-0.4, -0.2) is 22.2 Å². The summed E-state index contributed by atoms with van der Waals surface area (Å²) in [6.07, 6.45) is 2.42. The first kappa shape index (κ1) is 15.9. The van der Waals surface area contributed by atoms with Crippen LogP contribution in [0.2, 0.25) is 0 Å². The Morgan fingerprint density at radius 3 is 1.35 bits per heavy atom. The maximum absolute atomic E-state index is 10.5. The Balaban J connectivity index is 4.26. The molecule has 0 aliphatic heterocycles. The smallest absolute Gasteiger partial charge is 0.303 e. The highest BCUT2D eigenvalue weighted by atomic mass is 16.4. The van der Waals surface area contributed by atoms with Crippen LogP contribution < -0.4 is 0 Å². The van der Waals surface area contributed by atoms with E-state index in [-0.39, 0.29) is 23.7 Å². The summed E-state index contributed by atoms with van der Waals surface area (Å²) in [6.45, 7) is 8.16. The first-order valence-electron chi connectivity index (χ1n) is 5.98. The zero-order valence-corrected chi connectivity index (χ0v) is 11.2. The first-order chi connectivity index (χ1) is 7.54. The highest BCUT2D eigenvalue weighted by molar-refractivity contribution is 5.67. The molecule has 0 fully saturated rings. The molecular formula is C13H24O4. The van der Waals surface area contributed by atoms with Crippen LogP contribution in [0.4, 0.5) is 0 Å². The molecule has 0 aromatic rings. The topological polar surface area (TPSA) is 74.6 Å². The molecule has 0 radical (unpaired) electrons. The molecule has 0 bridgehead atoms. The van der Waals surface area contributed by atoms with Crippen molar-refractivity contribution in [1.82, 2.24) is 0 Å². The number of carbonyl (C=O) groups is 2. The third-order valence-electron chi connectivity index (χ3n) is 2.99. The Morgan fingerprint density at radius 2 is 1.12 bits per heavy atom. The molecule has 2 N–H and O–H groups in total. The molecule has 17 heavy (non-hydrogen) atoms. The van der Waals surface area contributed by atoms with E-state index in [2.05, 4.69) is 0 Å². The lowest BCUT2D eigenvalue weighted by Crippen LogP contribution is -2.24. The zero-order valence-electron chi connectivity index (χ0n) is 11.2. The van der Waals surface area contributed by atoms with Crippen molar-refractivity contribution >= 4 is 11.9 Å². The van der Waals surface area contributed by atoms with E-state index in [1.165, 1.54) is 0 Å². The van der Waals surface area contributed by atoms with E-state index >= 15 is 0 Å². The monoisotopic (exact) mass is 244 g/mol. The fourth-order valence-corrected chi connectivity index (χ4v) is 2.36. The minimum Gasteiger partial charge on any atom is -0.481 e. The van der Waals surface area contributed by atoms with Crippen molar-refractivity contribution in [3.05, 3.63) is 0 Å². The van der Waals surface area contributed by atoms with E-state index in [1.54, 1.807) is 0 Å². The molecule has 0 aliphatic rings. The predicted octanol–water partition coefficient (Wildman–Crippen LogP) is 3.16. The summed E-state index contributed by atoms with van der Waals surface area (Å²) in [5, 5.41) is 17.3. The average molecular weight is 244 g/mol. The molecule has 0 atom stereocenters. The summed E-state index contributed by atoms with van der Waals surface area (Å²) in [5.74, 6) is -1.55. The normalized spacial score (nSPS) is 12.5. The van der Waals surface area contributed by atoms with Gasteiger partial charge in [-0.25, -0.2) is 0 Å². The van der Waals surface area contributed by atoms with Gasteiger partial charge in [-0.1, -0.05) is 27.7 Å². The van der Waals surface area contributed by atoms with Crippen molar-refractivity contribution < 1.29 is 19.8 Å². The number of rotatable bonds is 8. The van der Waals surface area contributed by atoms with E-state index in [0.717, 1.165) is 6.42 Å². The molecule has 0 unspecified atom stereocenters. The summed E-state index contributed by atoms with van der Waals surface area (Å²) >= 11 is 0. The molecule has 0 aromatic carbocycles. The highest BCUT2D eigenvalue weighted by Crippen LogP contribution is 2.39. The lowest BCUT2D eigenvalue weighted by molar-refractivity contribution is -0.138. The van der Waals surface area contributed by atoms with Gasteiger partial charge in [0.05, 0.1) is 0 Å². The molecule has 100 valence electrons. The van der Waals surface area contributed by atoms with Gasteiger partial charge in [0.1, 0.15) is 0 Å². The lowest BCUT2D eigenvalue weighted by Gasteiger charge is -2.34. The fourth-order valence-electron chi connectivity index (χ4n) is 2.36. The lowest BCUT2D eigenvalue weighted by atomic mass is 9.71. The van der Waals surface area contributed by atoms with Gasteiger partial charge in [0.2, 0.25) is 0 Å². The molecule has 0 saturated carbocycles. The molecule has 4 heteroatoms. The third-order valence-corrected chi connectivity index (χ3v) is 2.99. The van der Waals surface area contributed by atoms with Crippen LogP contribution in [0.3, 0.4) is 0 Å². The zero-order chi connectivity index (χ0) is 13.7. The Kier molecular flexibility index (Phi) is 5.66. The van der Waals surface area contributed by atoms with Gasteiger partial charge in [-0.15, -0.1) is 0 Å². The van der Waals surface area contributed by atoms with Crippen molar-refractivity contribution in [2.24, 2.45) is 10.8 Å². The van der Waals surface area contributed by atoms with Crippen LogP contribution >= 0.6 is 0 Å². The molecule has 0 aromatic heterocycles. The largest absolute Gasteiger partial charge is 0.481 e. The Bertz CT molecular complexity index is 251. The molecule has 0 heterocycles. The van der Waals surface area contributed by atoms with E-state index in [9.17, 15) is 9.59 Å². The van der Waals surface area contributed by atoms with Crippen LogP contribution in [0.5, 0.6) is 0 Å². The minimum absolute atomic E-state index is 0.0691. The summed E-state index contributed by atoms with van der Waals surface area (Å²) in [4.78, 5) is 21.1. The third kappa shape index (κ3) is 8.72. The predicted molar refractivity (Wildman–Crippen MR) is 65.9 cm³/mol. The number of carboxylic acids is 2. The second-order valence-electron chi connectivity index (χ2n) is 6.29. The van der Waals surface area contributed by atoms with Gasteiger partial charge in [0.15, 0.2) is 0 Å². The van der Waals surface area contributed by atoms with Gasteiger partial charge in [-0.05, 0) is 30.1 Å². The number of hydrogen-bond acceptors (Lipinski definition) is 2. The van der Waals surface area contributed by atoms with Crippen molar-refractivity contribution in [3.8, 4) is 0 Å². The number of aliphatic carboxylic acids is 2. The molecule has 4 nitrogen and oxygen atoms in total. The average Bonchev–Trinajstić information content (AvgIpc) is 2.10. The van der Waals surface area contributed by atoms with Crippen molar-refractivity contribution in [2.75, 3.05) is 0 Å².